The topological polar surface area (TPSA) is 66.7 Å². The van der Waals surface area contributed by atoms with Gasteiger partial charge in [-0.05, 0) is 13.8 Å². The summed E-state index contributed by atoms with van der Waals surface area (Å²) in [5.74, 6) is 1.61. The molecule has 0 aliphatic rings. The minimum Gasteiger partial charge on any atom is -0.444 e. The van der Waals surface area contributed by atoms with Crippen molar-refractivity contribution in [3.05, 3.63) is 35.6 Å². The van der Waals surface area contributed by atoms with E-state index in [4.69, 9.17) is 4.42 Å². The third kappa shape index (κ3) is 2.44. The molecule has 0 radical (unpaired) electrons. The van der Waals surface area contributed by atoms with Crippen molar-refractivity contribution in [3.63, 3.8) is 0 Å². The molecule has 0 amide bonds. The molecule has 15 heavy (non-hydrogen) atoms. The van der Waals surface area contributed by atoms with E-state index in [1.54, 1.807) is 12.5 Å². The summed E-state index contributed by atoms with van der Waals surface area (Å²) < 4.78 is 5.43. The van der Waals surface area contributed by atoms with Gasteiger partial charge in [0.15, 0.2) is 0 Å². The zero-order valence-corrected chi connectivity index (χ0v) is 8.87. The van der Waals surface area contributed by atoms with E-state index >= 15 is 0 Å². The van der Waals surface area contributed by atoms with E-state index < -0.39 is 0 Å². The largest absolute Gasteiger partial charge is 0.444 e. The van der Waals surface area contributed by atoms with Gasteiger partial charge < -0.3 is 14.7 Å². The van der Waals surface area contributed by atoms with Crippen molar-refractivity contribution in [1.82, 2.24) is 20.3 Å². The smallest absolute Gasteiger partial charge is 0.208 e. The Kier molecular flexibility index (Phi) is 2.82. The molecule has 0 atom stereocenters. The van der Waals surface area contributed by atoms with Gasteiger partial charge in [-0.15, -0.1) is 0 Å². The first kappa shape index (κ1) is 9.92. The Hall–Kier alpha value is -1.62. The number of oxazole rings is 1. The fraction of sp³-hybridized carbons (Fsp3) is 0.400. The summed E-state index contributed by atoms with van der Waals surface area (Å²) in [6.45, 7) is 5.23. The Morgan fingerprint density at radius 2 is 2.27 bits per heavy atom. The molecule has 2 N–H and O–H groups in total. The zero-order valence-electron chi connectivity index (χ0n) is 8.87. The third-order valence-corrected chi connectivity index (χ3v) is 2.22. The Bertz CT molecular complexity index is 399. The maximum absolute atomic E-state index is 5.43. The predicted molar refractivity (Wildman–Crippen MR) is 55.1 cm³/mol. The fourth-order valence-electron chi connectivity index (χ4n) is 1.30. The molecule has 0 aliphatic carbocycles. The van der Waals surface area contributed by atoms with Crippen LogP contribution in [-0.4, -0.2) is 15.0 Å². The van der Waals surface area contributed by atoms with Crippen LogP contribution in [0.25, 0.3) is 0 Å². The molecule has 5 nitrogen and oxygen atoms in total. The number of hydrogen-bond acceptors (Lipinski definition) is 4. The molecule has 2 rings (SSSR count). The lowest BCUT2D eigenvalue weighted by Gasteiger charge is -1.98. The fourth-order valence-corrected chi connectivity index (χ4v) is 1.30. The van der Waals surface area contributed by atoms with E-state index in [2.05, 4.69) is 20.3 Å². The van der Waals surface area contributed by atoms with E-state index in [9.17, 15) is 0 Å². The lowest BCUT2D eigenvalue weighted by atomic mass is 10.4. The van der Waals surface area contributed by atoms with Crippen LogP contribution in [0, 0.1) is 13.8 Å². The molecule has 0 saturated heterocycles. The SMILES string of the molecule is Cc1nc(CNCc2cnc[nH]2)oc1C. The van der Waals surface area contributed by atoms with Gasteiger partial charge in [-0.1, -0.05) is 0 Å². The number of nitrogens with zero attached hydrogens (tertiary/aromatic N) is 2. The highest BCUT2D eigenvalue weighted by molar-refractivity contribution is 5.05. The highest BCUT2D eigenvalue weighted by atomic mass is 16.4. The van der Waals surface area contributed by atoms with Crippen LogP contribution in [0.4, 0.5) is 0 Å². The number of aromatic amines is 1. The summed E-state index contributed by atoms with van der Waals surface area (Å²) in [6, 6.07) is 0. The number of H-pyrrole nitrogens is 1. The second-order valence-corrected chi connectivity index (χ2v) is 3.43. The molecule has 2 heterocycles. The van der Waals surface area contributed by atoms with Crippen molar-refractivity contribution in [3.8, 4) is 0 Å². The minimum atomic E-state index is 0.633. The first-order valence-electron chi connectivity index (χ1n) is 4.86. The summed E-state index contributed by atoms with van der Waals surface area (Å²) in [5, 5.41) is 3.22. The summed E-state index contributed by atoms with van der Waals surface area (Å²) >= 11 is 0. The Labute approximate surface area is 87.9 Å². The summed E-state index contributed by atoms with van der Waals surface area (Å²) in [6.07, 6.45) is 3.45. The predicted octanol–water partition coefficient (Wildman–Crippen LogP) is 1.30. The van der Waals surface area contributed by atoms with Crippen molar-refractivity contribution in [1.29, 1.82) is 0 Å². The van der Waals surface area contributed by atoms with Crippen molar-refractivity contribution in [2.45, 2.75) is 26.9 Å². The maximum atomic E-state index is 5.43. The summed E-state index contributed by atoms with van der Waals surface area (Å²) in [4.78, 5) is 11.2. The van der Waals surface area contributed by atoms with Gasteiger partial charge in [-0.2, -0.15) is 0 Å². The molecular weight excluding hydrogens is 192 g/mol. The molecule has 0 bridgehead atoms. The van der Waals surface area contributed by atoms with Gasteiger partial charge in [0, 0.05) is 18.4 Å². The third-order valence-electron chi connectivity index (χ3n) is 2.22. The molecule has 0 saturated carbocycles. The van der Waals surface area contributed by atoms with Gasteiger partial charge in [0.2, 0.25) is 5.89 Å². The Balaban J connectivity index is 1.83. The van der Waals surface area contributed by atoms with Crippen LogP contribution in [0.3, 0.4) is 0 Å². The highest BCUT2D eigenvalue weighted by Gasteiger charge is 2.04. The number of nitrogens with one attached hydrogen (secondary N) is 2. The second kappa shape index (κ2) is 4.27. The van der Waals surface area contributed by atoms with Crippen LogP contribution >= 0.6 is 0 Å². The molecular formula is C10H14N4O. The Morgan fingerprint density at radius 3 is 2.87 bits per heavy atom. The van der Waals surface area contributed by atoms with E-state index in [-0.39, 0.29) is 0 Å². The van der Waals surface area contributed by atoms with E-state index in [0.717, 1.165) is 29.6 Å². The van der Waals surface area contributed by atoms with Crippen molar-refractivity contribution < 1.29 is 4.42 Å². The van der Waals surface area contributed by atoms with Gasteiger partial charge in [-0.25, -0.2) is 9.97 Å². The van der Waals surface area contributed by atoms with Crippen LogP contribution in [-0.2, 0) is 13.1 Å². The lowest BCUT2D eigenvalue weighted by molar-refractivity contribution is 0.448. The lowest BCUT2D eigenvalue weighted by Crippen LogP contribution is -2.13. The molecule has 80 valence electrons. The van der Waals surface area contributed by atoms with Gasteiger partial charge in [-0.3, -0.25) is 0 Å². The molecule has 0 unspecified atom stereocenters. The molecule has 5 heteroatoms. The zero-order chi connectivity index (χ0) is 10.7. The van der Waals surface area contributed by atoms with Crippen molar-refractivity contribution in [2.24, 2.45) is 0 Å². The number of imidazole rings is 1. The molecule has 2 aromatic rings. The first-order chi connectivity index (χ1) is 7.25. The monoisotopic (exact) mass is 206 g/mol. The average Bonchev–Trinajstić information content (AvgIpc) is 2.79. The van der Waals surface area contributed by atoms with Crippen molar-refractivity contribution in [2.75, 3.05) is 0 Å². The van der Waals surface area contributed by atoms with Crippen molar-refractivity contribution >= 4 is 0 Å². The van der Waals surface area contributed by atoms with Crippen LogP contribution in [0.5, 0.6) is 0 Å². The minimum absolute atomic E-state index is 0.633. The van der Waals surface area contributed by atoms with Crippen LogP contribution in [0.1, 0.15) is 23.0 Å². The molecule has 0 aliphatic heterocycles. The number of aromatic nitrogens is 3. The summed E-state index contributed by atoms with van der Waals surface area (Å²) in [5.41, 5.74) is 2.00. The first-order valence-corrected chi connectivity index (χ1v) is 4.86. The van der Waals surface area contributed by atoms with E-state index in [1.165, 1.54) is 0 Å². The van der Waals surface area contributed by atoms with Gasteiger partial charge >= 0.3 is 0 Å². The highest BCUT2D eigenvalue weighted by Crippen LogP contribution is 2.07. The average molecular weight is 206 g/mol. The van der Waals surface area contributed by atoms with E-state index in [0.29, 0.717) is 6.54 Å². The second-order valence-electron chi connectivity index (χ2n) is 3.43. The molecule has 0 aromatic carbocycles. The standard InChI is InChI=1S/C10H14N4O/c1-7-8(2)15-10(14-7)5-11-3-9-4-12-6-13-9/h4,6,11H,3,5H2,1-2H3,(H,12,13). The quantitative estimate of drug-likeness (QED) is 0.791. The number of aryl methyl sites for hydroxylation is 2. The number of hydrogen-bond donors (Lipinski definition) is 2. The van der Waals surface area contributed by atoms with E-state index in [1.807, 2.05) is 13.8 Å². The normalized spacial score (nSPS) is 10.8. The van der Waals surface area contributed by atoms with Crippen LogP contribution < -0.4 is 5.32 Å². The van der Waals surface area contributed by atoms with Gasteiger partial charge in [0.1, 0.15) is 5.76 Å². The molecule has 2 aromatic heterocycles. The molecule has 0 spiro atoms. The number of rotatable bonds is 4. The summed E-state index contributed by atoms with van der Waals surface area (Å²) in [7, 11) is 0. The van der Waals surface area contributed by atoms with Crippen LogP contribution in [0.15, 0.2) is 16.9 Å². The van der Waals surface area contributed by atoms with Crippen LogP contribution in [0.2, 0.25) is 0 Å². The Morgan fingerprint density at radius 1 is 1.40 bits per heavy atom. The molecule has 0 fully saturated rings. The van der Waals surface area contributed by atoms with Gasteiger partial charge in [0.25, 0.3) is 0 Å². The van der Waals surface area contributed by atoms with Gasteiger partial charge in [0.05, 0.1) is 18.6 Å². The maximum Gasteiger partial charge on any atom is 0.208 e.